The number of hydrogen-bond acceptors (Lipinski definition) is 4. The smallest absolute Gasteiger partial charge is 0.297 e. The average Bonchev–Trinajstić information content (AvgIpc) is 2.61. The molecule has 6 nitrogen and oxygen atoms in total. The summed E-state index contributed by atoms with van der Waals surface area (Å²) in [6, 6.07) is 0. The van der Waals surface area contributed by atoms with Crippen molar-refractivity contribution in [3.8, 4) is 0 Å². The lowest BCUT2D eigenvalue weighted by atomic mass is 10.1. The first-order valence-corrected chi connectivity index (χ1v) is 7.70. The maximum Gasteiger partial charge on any atom is 0.329 e. The summed E-state index contributed by atoms with van der Waals surface area (Å²) in [7, 11) is -3.01. The van der Waals surface area contributed by atoms with E-state index in [1.165, 1.54) is 6.92 Å². The summed E-state index contributed by atoms with van der Waals surface area (Å²) < 4.78 is 23.7. The van der Waals surface area contributed by atoms with Crippen molar-refractivity contribution in [1.82, 2.24) is 9.55 Å². The predicted molar refractivity (Wildman–Crippen MR) is 67.8 cm³/mol. The van der Waals surface area contributed by atoms with Gasteiger partial charge >= 0.3 is 5.69 Å². The van der Waals surface area contributed by atoms with Crippen LogP contribution < -0.4 is 11.2 Å². The molecule has 2 rings (SSSR count). The molecule has 0 bridgehead atoms. The van der Waals surface area contributed by atoms with E-state index in [0.29, 0.717) is 6.42 Å². The van der Waals surface area contributed by atoms with E-state index >= 15 is 0 Å². The Morgan fingerprint density at radius 3 is 2.67 bits per heavy atom. The largest absolute Gasteiger partial charge is 0.329 e. The second-order valence-corrected chi connectivity index (χ2v) is 7.16. The van der Waals surface area contributed by atoms with Crippen LogP contribution in [0.5, 0.6) is 0 Å². The number of rotatable bonds is 2. The summed E-state index contributed by atoms with van der Waals surface area (Å²) in [6.45, 7) is 1.63. The Morgan fingerprint density at radius 1 is 1.44 bits per heavy atom. The molecule has 1 saturated heterocycles. The number of sulfone groups is 1. The number of nitrogens with zero attached hydrogens (tertiary/aromatic N) is 1. The Bertz CT molecular complexity index is 689. The van der Waals surface area contributed by atoms with Crippen LogP contribution in [0.3, 0.4) is 0 Å². The lowest BCUT2D eigenvalue weighted by Crippen LogP contribution is -2.38. The summed E-state index contributed by atoms with van der Waals surface area (Å²) in [5, 5.41) is 0.0280. The number of H-pyrrole nitrogens is 1. The van der Waals surface area contributed by atoms with E-state index in [1.54, 1.807) is 0 Å². The lowest BCUT2D eigenvalue weighted by molar-refractivity contribution is 0.464. The van der Waals surface area contributed by atoms with Crippen LogP contribution in [0.15, 0.2) is 9.59 Å². The van der Waals surface area contributed by atoms with Gasteiger partial charge in [-0.15, -0.1) is 0 Å². The molecule has 0 spiro atoms. The molecule has 1 N–H and O–H groups in total. The molecule has 1 aromatic heterocycles. The van der Waals surface area contributed by atoms with E-state index in [9.17, 15) is 18.0 Å². The van der Waals surface area contributed by atoms with Crippen LogP contribution in [0.25, 0.3) is 0 Å². The van der Waals surface area contributed by atoms with Gasteiger partial charge in [-0.3, -0.25) is 14.3 Å². The summed E-state index contributed by atoms with van der Waals surface area (Å²) in [5.74, 6) is -0.0355. The van der Waals surface area contributed by atoms with Crippen molar-refractivity contribution in [1.29, 1.82) is 0 Å². The molecule has 0 saturated carbocycles. The summed E-state index contributed by atoms with van der Waals surface area (Å²) in [6.07, 6.45) is 0.482. The predicted octanol–water partition coefficient (Wildman–Crippen LogP) is -0.0669. The molecule has 8 heteroatoms. The summed E-state index contributed by atoms with van der Waals surface area (Å²) in [5.41, 5.74) is -0.801. The van der Waals surface area contributed by atoms with Gasteiger partial charge in [0, 0.05) is 12.1 Å². The number of halogens is 1. The van der Waals surface area contributed by atoms with Gasteiger partial charge in [-0.1, -0.05) is 11.6 Å². The van der Waals surface area contributed by atoms with E-state index in [2.05, 4.69) is 4.98 Å². The fraction of sp³-hybridized carbons (Fsp3) is 0.600. The Morgan fingerprint density at radius 2 is 2.11 bits per heavy atom. The minimum atomic E-state index is -3.01. The fourth-order valence-electron chi connectivity index (χ4n) is 2.08. The molecule has 0 aromatic carbocycles. The molecule has 2 heterocycles. The first kappa shape index (κ1) is 13.4. The zero-order chi connectivity index (χ0) is 13.5. The first-order valence-electron chi connectivity index (χ1n) is 5.50. The SMILES string of the molecule is Cc1c(Cl)[nH]c(=O)n(CC2CCS(=O)(=O)C2)c1=O. The van der Waals surface area contributed by atoms with Crippen molar-refractivity contribution in [2.45, 2.75) is 19.9 Å². The third kappa shape index (κ3) is 2.51. The van der Waals surface area contributed by atoms with Crippen molar-refractivity contribution >= 4 is 21.4 Å². The quantitative estimate of drug-likeness (QED) is 0.773. The second kappa shape index (κ2) is 4.55. The molecule has 1 atom stereocenters. The molecule has 0 aliphatic carbocycles. The molecule has 1 unspecified atom stereocenters. The van der Waals surface area contributed by atoms with Crippen LogP contribution in [0.2, 0.25) is 5.15 Å². The first-order chi connectivity index (χ1) is 8.30. The Kier molecular flexibility index (Phi) is 3.37. The van der Waals surface area contributed by atoms with Crippen molar-refractivity contribution in [3.05, 3.63) is 31.6 Å². The normalized spacial score (nSPS) is 22.2. The highest BCUT2D eigenvalue weighted by molar-refractivity contribution is 7.91. The highest BCUT2D eigenvalue weighted by atomic mass is 35.5. The molecular weight excluding hydrogens is 280 g/mol. The summed E-state index contributed by atoms with van der Waals surface area (Å²) >= 11 is 5.69. The van der Waals surface area contributed by atoms with Gasteiger partial charge in [-0.25, -0.2) is 13.2 Å². The van der Waals surface area contributed by atoms with Gasteiger partial charge < -0.3 is 0 Å². The maximum atomic E-state index is 11.9. The van der Waals surface area contributed by atoms with Gasteiger partial charge in [0.2, 0.25) is 0 Å². The number of aromatic amines is 1. The number of aromatic nitrogens is 2. The van der Waals surface area contributed by atoms with Gasteiger partial charge in [0.25, 0.3) is 5.56 Å². The molecule has 1 aliphatic heterocycles. The van der Waals surface area contributed by atoms with E-state index in [-0.39, 0.29) is 34.7 Å². The molecule has 0 amide bonds. The Balaban J connectivity index is 2.34. The maximum absolute atomic E-state index is 11.9. The van der Waals surface area contributed by atoms with Crippen molar-refractivity contribution < 1.29 is 8.42 Å². The third-order valence-corrected chi connectivity index (χ3v) is 5.34. The van der Waals surface area contributed by atoms with Crippen LogP contribution in [0.1, 0.15) is 12.0 Å². The Labute approximate surface area is 109 Å². The van der Waals surface area contributed by atoms with Crippen LogP contribution in [0.4, 0.5) is 0 Å². The van der Waals surface area contributed by atoms with Gasteiger partial charge in [-0.2, -0.15) is 0 Å². The molecular formula is C10H13ClN2O4S. The average molecular weight is 293 g/mol. The Hall–Kier alpha value is -1.08. The van der Waals surface area contributed by atoms with Crippen molar-refractivity contribution in [2.75, 3.05) is 11.5 Å². The molecule has 18 heavy (non-hydrogen) atoms. The van der Waals surface area contributed by atoms with Crippen molar-refractivity contribution in [2.24, 2.45) is 5.92 Å². The molecule has 1 aromatic rings. The third-order valence-electron chi connectivity index (χ3n) is 3.12. The molecule has 100 valence electrons. The van der Waals surface area contributed by atoms with Crippen LogP contribution in [-0.2, 0) is 16.4 Å². The number of nitrogens with one attached hydrogen (secondary N) is 1. The van der Waals surface area contributed by atoms with Crippen LogP contribution >= 0.6 is 11.6 Å². The van der Waals surface area contributed by atoms with Gasteiger partial charge in [0.15, 0.2) is 9.84 Å². The lowest BCUT2D eigenvalue weighted by Gasteiger charge is -2.10. The van der Waals surface area contributed by atoms with Crippen molar-refractivity contribution in [3.63, 3.8) is 0 Å². The minimum Gasteiger partial charge on any atom is -0.297 e. The topological polar surface area (TPSA) is 89.0 Å². The standard InChI is InChI=1S/C10H13ClN2O4S/c1-6-8(11)12-10(15)13(9(6)14)4-7-2-3-18(16,17)5-7/h7H,2-5H2,1H3,(H,12,15). The number of hydrogen-bond donors (Lipinski definition) is 1. The second-order valence-electron chi connectivity index (χ2n) is 4.55. The fourth-order valence-corrected chi connectivity index (χ4v) is 4.09. The van der Waals surface area contributed by atoms with Gasteiger partial charge in [0.05, 0.1) is 11.5 Å². The van der Waals surface area contributed by atoms with Crippen LogP contribution in [-0.4, -0.2) is 29.5 Å². The highest BCUT2D eigenvalue weighted by Crippen LogP contribution is 2.19. The monoisotopic (exact) mass is 292 g/mol. The molecule has 0 radical (unpaired) electrons. The molecule has 1 aliphatic rings. The molecule has 1 fully saturated rings. The zero-order valence-corrected chi connectivity index (χ0v) is 11.3. The highest BCUT2D eigenvalue weighted by Gasteiger charge is 2.28. The summed E-state index contributed by atoms with van der Waals surface area (Å²) in [4.78, 5) is 25.9. The van der Waals surface area contributed by atoms with E-state index in [4.69, 9.17) is 11.6 Å². The minimum absolute atomic E-state index is 0.0280. The van der Waals surface area contributed by atoms with E-state index in [1.807, 2.05) is 0 Å². The van der Waals surface area contributed by atoms with Gasteiger partial charge in [0.1, 0.15) is 5.15 Å². The van der Waals surface area contributed by atoms with E-state index < -0.39 is 21.1 Å². The van der Waals surface area contributed by atoms with Crippen LogP contribution in [0, 0.1) is 12.8 Å². The van der Waals surface area contributed by atoms with E-state index in [0.717, 1.165) is 4.57 Å². The zero-order valence-electron chi connectivity index (χ0n) is 9.77. The van der Waals surface area contributed by atoms with Gasteiger partial charge in [-0.05, 0) is 19.3 Å².